The molecule has 4 rings (SSSR count). The van der Waals surface area contributed by atoms with Gasteiger partial charge in [0.15, 0.2) is 0 Å². The van der Waals surface area contributed by atoms with Gasteiger partial charge in [0, 0.05) is 6.54 Å². The smallest absolute Gasteiger partial charge is 0.0407 e. The van der Waals surface area contributed by atoms with Gasteiger partial charge in [-0.25, -0.2) is 0 Å². The molecule has 0 radical (unpaired) electrons. The van der Waals surface area contributed by atoms with Crippen LogP contribution in [0.5, 0.6) is 0 Å². The zero-order valence-corrected chi connectivity index (χ0v) is 13.7. The molecule has 0 aliphatic carbocycles. The Morgan fingerprint density at radius 1 is 0.696 bits per heavy atom. The Bertz CT molecular complexity index is 785. The highest BCUT2D eigenvalue weighted by molar-refractivity contribution is 7.79. The largest absolute Gasteiger partial charge is 0.387 e. The second-order valence-electron chi connectivity index (χ2n) is 5.57. The van der Waals surface area contributed by atoms with Crippen LogP contribution in [0.15, 0.2) is 85.1 Å². The van der Waals surface area contributed by atoms with Crippen molar-refractivity contribution in [2.45, 2.75) is 6.54 Å². The van der Waals surface area contributed by atoms with E-state index >= 15 is 0 Å². The van der Waals surface area contributed by atoms with Crippen molar-refractivity contribution >= 4 is 29.9 Å². The normalized spacial score (nSPS) is 12.7. The number of hydrogen-bond acceptors (Lipinski definition) is 1. The van der Waals surface area contributed by atoms with Gasteiger partial charge in [-0.05, 0) is 47.2 Å². The SMILES string of the molecule is C1=Cc2cccc(P(c3ccccc3)c3ccccc3)c2CN1. The minimum Gasteiger partial charge on any atom is -0.387 e. The molecular weight excluding hydrogens is 297 g/mol. The van der Waals surface area contributed by atoms with Crippen LogP contribution in [-0.4, -0.2) is 0 Å². The van der Waals surface area contributed by atoms with Gasteiger partial charge in [-0.3, -0.25) is 0 Å². The minimum absolute atomic E-state index is 0.535. The summed E-state index contributed by atoms with van der Waals surface area (Å²) >= 11 is 0. The molecule has 1 heterocycles. The van der Waals surface area contributed by atoms with Crippen LogP contribution in [0.4, 0.5) is 0 Å². The molecule has 3 aromatic rings. The van der Waals surface area contributed by atoms with E-state index in [2.05, 4.69) is 90.3 Å². The van der Waals surface area contributed by atoms with E-state index in [9.17, 15) is 0 Å². The lowest BCUT2D eigenvalue weighted by molar-refractivity contribution is 0.864. The number of hydrogen-bond donors (Lipinski definition) is 1. The van der Waals surface area contributed by atoms with Crippen molar-refractivity contribution in [1.82, 2.24) is 5.32 Å². The zero-order valence-electron chi connectivity index (χ0n) is 12.8. The average molecular weight is 315 g/mol. The molecule has 0 atom stereocenters. The predicted octanol–water partition coefficient (Wildman–Crippen LogP) is 3.52. The summed E-state index contributed by atoms with van der Waals surface area (Å²) in [4.78, 5) is 0. The highest BCUT2D eigenvalue weighted by Gasteiger charge is 2.21. The Morgan fingerprint density at radius 3 is 2.00 bits per heavy atom. The van der Waals surface area contributed by atoms with Crippen molar-refractivity contribution in [2.24, 2.45) is 0 Å². The number of benzene rings is 3. The molecule has 112 valence electrons. The van der Waals surface area contributed by atoms with E-state index < -0.39 is 7.92 Å². The first kappa shape index (κ1) is 14.2. The lowest BCUT2D eigenvalue weighted by Crippen LogP contribution is -2.26. The van der Waals surface area contributed by atoms with Crippen molar-refractivity contribution < 1.29 is 0 Å². The van der Waals surface area contributed by atoms with Gasteiger partial charge in [0.05, 0.1) is 0 Å². The number of fused-ring (bicyclic) bond motifs is 1. The summed E-state index contributed by atoms with van der Waals surface area (Å²) in [6.07, 6.45) is 4.21. The van der Waals surface area contributed by atoms with E-state index in [0.717, 1.165) is 6.54 Å². The molecule has 0 spiro atoms. The van der Waals surface area contributed by atoms with Crippen LogP contribution in [0.3, 0.4) is 0 Å². The molecule has 0 fully saturated rings. The molecule has 0 saturated heterocycles. The standard InChI is InChI=1S/C21H18NP/c1-3-9-18(10-4-1)23(19-11-5-2-6-12-19)21-13-7-8-17-14-15-22-16-20(17)21/h1-15,22H,16H2. The van der Waals surface area contributed by atoms with Crippen LogP contribution in [0.1, 0.15) is 11.1 Å². The van der Waals surface area contributed by atoms with E-state index in [4.69, 9.17) is 0 Å². The average Bonchev–Trinajstić information content (AvgIpc) is 2.64. The Labute approximate surface area is 138 Å². The Balaban J connectivity index is 1.92. The molecule has 0 amide bonds. The molecule has 0 aromatic heterocycles. The molecule has 2 heteroatoms. The van der Waals surface area contributed by atoms with E-state index in [-0.39, 0.29) is 0 Å². The summed E-state index contributed by atoms with van der Waals surface area (Å²) in [6, 6.07) is 28.4. The molecule has 1 N–H and O–H groups in total. The third-order valence-electron chi connectivity index (χ3n) is 4.12. The fraction of sp³-hybridized carbons (Fsp3) is 0.0476. The van der Waals surface area contributed by atoms with E-state index in [1.165, 1.54) is 27.0 Å². The maximum atomic E-state index is 3.37. The molecule has 0 unspecified atom stereocenters. The third-order valence-corrected chi connectivity index (χ3v) is 6.65. The van der Waals surface area contributed by atoms with Gasteiger partial charge in [0.25, 0.3) is 0 Å². The second-order valence-corrected chi connectivity index (χ2v) is 7.75. The summed E-state index contributed by atoms with van der Waals surface area (Å²) in [5.41, 5.74) is 2.76. The van der Waals surface area contributed by atoms with Crippen molar-refractivity contribution in [3.8, 4) is 0 Å². The first-order valence-corrected chi connectivity index (χ1v) is 9.20. The molecule has 0 saturated carbocycles. The quantitative estimate of drug-likeness (QED) is 0.729. The fourth-order valence-corrected chi connectivity index (χ4v) is 5.55. The molecular formula is C21H18NP. The number of nitrogens with one attached hydrogen (secondary N) is 1. The van der Waals surface area contributed by atoms with Gasteiger partial charge in [-0.15, -0.1) is 0 Å². The predicted molar refractivity (Wildman–Crippen MR) is 101 cm³/mol. The summed E-state index contributed by atoms with van der Waals surface area (Å²) < 4.78 is 0. The summed E-state index contributed by atoms with van der Waals surface area (Å²) in [5, 5.41) is 7.62. The molecule has 1 aliphatic rings. The lowest BCUT2D eigenvalue weighted by atomic mass is 10.1. The lowest BCUT2D eigenvalue weighted by Gasteiger charge is -2.25. The van der Waals surface area contributed by atoms with Crippen molar-refractivity contribution in [3.05, 3.63) is 96.2 Å². The summed E-state index contributed by atoms with van der Waals surface area (Å²) in [6.45, 7) is 0.903. The summed E-state index contributed by atoms with van der Waals surface area (Å²) in [7, 11) is -0.535. The van der Waals surface area contributed by atoms with Crippen LogP contribution in [0.2, 0.25) is 0 Å². The van der Waals surface area contributed by atoms with Gasteiger partial charge >= 0.3 is 0 Å². The van der Waals surface area contributed by atoms with Gasteiger partial charge in [0.1, 0.15) is 0 Å². The van der Waals surface area contributed by atoms with Crippen LogP contribution in [0, 0.1) is 0 Å². The molecule has 23 heavy (non-hydrogen) atoms. The third kappa shape index (κ3) is 2.81. The van der Waals surface area contributed by atoms with E-state index in [1.807, 2.05) is 6.20 Å². The monoisotopic (exact) mass is 315 g/mol. The highest BCUT2D eigenvalue weighted by Crippen LogP contribution is 2.35. The van der Waals surface area contributed by atoms with Crippen LogP contribution in [0.25, 0.3) is 6.08 Å². The molecule has 0 bridgehead atoms. The molecule has 3 aromatic carbocycles. The van der Waals surface area contributed by atoms with E-state index in [0.29, 0.717) is 0 Å². The summed E-state index contributed by atoms with van der Waals surface area (Å²) in [5.74, 6) is 0. The Morgan fingerprint density at radius 2 is 1.35 bits per heavy atom. The second kappa shape index (κ2) is 6.40. The highest BCUT2D eigenvalue weighted by atomic mass is 31.1. The van der Waals surface area contributed by atoms with Gasteiger partial charge < -0.3 is 5.32 Å². The molecule has 1 nitrogen and oxygen atoms in total. The fourth-order valence-electron chi connectivity index (χ4n) is 3.04. The number of rotatable bonds is 3. The zero-order chi connectivity index (χ0) is 15.5. The van der Waals surface area contributed by atoms with Crippen molar-refractivity contribution in [3.63, 3.8) is 0 Å². The van der Waals surface area contributed by atoms with Crippen LogP contribution >= 0.6 is 7.92 Å². The first-order chi connectivity index (χ1) is 11.4. The van der Waals surface area contributed by atoms with Crippen molar-refractivity contribution in [1.29, 1.82) is 0 Å². The van der Waals surface area contributed by atoms with Crippen molar-refractivity contribution in [2.75, 3.05) is 0 Å². The van der Waals surface area contributed by atoms with Gasteiger partial charge in [0.2, 0.25) is 0 Å². The van der Waals surface area contributed by atoms with Gasteiger partial charge in [-0.2, -0.15) is 0 Å². The van der Waals surface area contributed by atoms with Crippen LogP contribution in [-0.2, 0) is 6.54 Å². The Kier molecular flexibility index (Phi) is 3.96. The topological polar surface area (TPSA) is 12.0 Å². The minimum atomic E-state index is -0.535. The van der Waals surface area contributed by atoms with Gasteiger partial charge in [-0.1, -0.05) is 78.9 Å². The maximum absolute atomic E-state index is 3.37. The van der Waals surface area contributed by atoms with Crippen LogP contribution < -0.4 is 21.2 Å². The Hall–Kier alpha value is -2.37. The maximum Gasteiger partial charge on any atom is 0.0407 e. The molecule has 1 aliphatic heterocycles. The van der Waals surface area contributed by atoms with E-state index in [1.54, 1.807) is 0 Å². The first-order valence-electron chi connectivity index (χ1n) is 7.85.